The van der Waals surface area contributed by atoms with E-state index in [-0.39, 0.29) is 0 Å². The van der Waals surface area contributed by atoms with E-state index in [0.717, 1.165) is 16.2 Å². The lowest BCUT2D eigenvalue weighted by Crippen LogP contribution is -1.45. The summed E-state index contributed by atoms with van der Waals surface area (Å²) < 4.78 is 3.60. The highest BCUT2D eigenvalue weighted by molar-refractivity contribution is 7.99. The summed E-state index contributed by atoms with van der Waals surface area (Å²) in [4.78, 5) is 9.59. The normalized spacial score (nSPS) is 9.00. The lowest BCUT2D eigenvalue weighted by Gasteiger charge is -1.75. The molecule has 0 aliphatic rings. The molecule has 1 heterocycles. The Morgan fingerprint density at radius 3 is 3.12 bits per heavy atom. The maximum Gasteiger partial charge on any atom is 0.0862 e. The Morgan fingerprint density at radius 1 is 1.75 bits per heavy atom. The number of rotatable bonds is 2. The first-order chi connectivity index (χ1) is 3.93. The third-order valence-electron chi connectivity index (χ3n) is 0.622. The van der Waals surface area contributed by atoms with Crippen LogP contribution in [0, 0.1) is 4.91 Å². The Morgan fingerprint density at radius 2 is 2.62 bits per heavy atom. The highest BCUT2D eigenvalue weighted by atomic mass is 32.2. The van der Waals surface area contributed by atoms with E-state index in [2.05, 4.69) is 4.58 Å². The predicted molar refractivity (Wildman–Crippen MR) is 36.0 cm³/mol. The summed E-state index contributed by atoms with van der Waals surface area (Å²) >= 11 is 2.49. The van der Waals surface area contributed by atoms with Gasteiger partial charge in [0.15, 0.2) is 0 Å². The molecule has 0 unspecified atom stereocenters. The second-order valence-electron chi connectivity index (χ2n) is 1.10. The van der Waals surface area contributed by atoms with Crippen molar-refractivity contribution in [3.63, 3.8) is 0 Å². The molecule has 0 atom stereocenters. The molecule has 0 fully saturated rings. The molecular weight excluding hydrogens is 142 g/mol. The van der Waals surface area contributed by atoms with Gasteiger partial charge in [-0.2, -0.15) is 0 Å². The molecule has 0 aliphatic carbocycles. The molecule has 2 nitrogen and oxygen atoms in total. The summed E-state index contributed by atoms with van der Waals surface area (Å²) in [7, 11) is 0. The van der Waals surface area contributed by atoms with E-state index in [4.69, 9.17) is 0 Å². The van der Waals surface area contributed by atoms with E-state index in [1.54, 1.807) is 0 Å². The third kappa shape index (κ3) is 1.31. The molecule has 8 heavy (non-hydrogen) atoms. The quantitative estimate of drug-likeness (QED) is 0.472. The fourth-order valence-corrected chi connectivity index (χ4v) is 1.44. The fourth-order valence-electron chi connectivity index (χ4n) is 0.352. The number of hydrogen-bond donors (Lipinski definition) is 0. The van der Waals surface area contributed by atoms with Crippen LogP contribution in [0.5, 0.6) is 0 Å². The average Bonchev–Trinajstić information content (AvgIpc) is 2.19. The summed E-state index contributed by atoms with van der Waals surface area (Å²) in [5.74, 6) is 0. The Balaban J connectivity index is 2.62. The molecule has 0 radical (unpaired) electrons. The third-order valence-corrected chi connectivity index (χ3v) is 2.19. The fraction of sp³-hybridized carbons (Fsp3) is 0. The van der Waals surface area contributed by atoms with Crippen molar-refractivity contribution >= 4 is 23.3 Å². The Hall–Kier alpha value is -0.350. The van der Waals surface area contributed by atoms with Crippen molar-refractivity contribution in [2.75, 3.05) is 0 Å². The first-order valence-electron chi connectivity index (χ1n) is 1.96. The van der Waals surface area contributed by atoms with Crippen molar-refractivity contribution in [2.45, 2.75) is 4.21 Å². The first kappa shape index (κ1) is 5.78. The molecular formula is C4H3NOS2. The summed E-state index contributed by atoms with van der Waals surface area (Å²) in [6, 6.07) is 3.74. The van der Waals surface area contributed by atoms with Gasteiger partial charge in [0.25, 0.3) is 0 Å². The zero-order valence-corrected chi connectivity index (χ0v) is 5.54. The molecule has 0 N–H and O–H groups in total. The van der Waals surface area contributed by atoms with Gasteiger partial charge in [-0.25, -0.2) is 0 Å². The summed E-state index contributed by atoms with van der Waals surface area (Å²) in [5, 5.41) is 1.91. The van der Waals surface area contributed by atoms with E-state index in [0.29, 0.717) is 0 Å². The molecule has 0 amide bonds. The zero-order valence-electron chi connectivity index (χ0n) is 3.90. The molecule has 0 aliphatic heterocycles. The van der Waals surface area contributed by atoms with Crippen LogP contribution in [0.3, 0.4) is 0 Å². The van der Waals surface area contributed by atoms with Gasteiger partial charge in [-0.1, -0.05) is 6.07 Å². The van der Waals surface area contributed by atoms with E-state index >= 15 is 0 Å². The highest BCUT2D eigenvalue weighted by Gasteiger charge is 1.89. The lowest BCUT2D eigenvalue weighted by atomic mass is 10.7. The topological polar surface area (TPSA) is 29.4 Å². The van der Waals surface area contributed by atoms with Crippen LogP contribution in [0.2, 0.25) is 0 Å². The summed E-state index contributed by atoms with van der Waals surface area (Å²) in [6.07, 6.45) is 0. The first-order valence-corrected chi connectivity index (χ1v) is 3.62. The minimum absolute atomic E-state index is 0.944. The molecule has 4 heteroatoms. The molecule has 1 aromatic heterocycles. The van der Waals surface area contributed by atoms with Crippen molar-refractivity contribution in [3.8, 4) is 0 Å². The second-order valence-corrected chi connectivity index (χ2v) is 3.08. The van der Waals surface area contributed by atoms with Crippen molar-refractivity contribution in [2.24, 2.45) is 4.58 Å². The Bertz CT molecular complexity index is 161. The molecule has 42 valence electrons. The van der Waals surface area contributed by atoms with Crippen molar-refractivity contribution in [1.82, 2.24) is 0 Å². The van der Waals surface area contributed by atoms with Crippen LogP contribution in [-0.2, 0) is 0 Å². The largest absolute Gasteiger partial charge is 0.137 e. The van der Waals surface area contributed by atoms with E-state index in [1.807, 2.05) is 17.5 Å². The standard InChI is InChI=1S/C4H3NOS2/c6-5-8-4-2-1-3-7-4/h1-3H. The van der Waals surface area contributed by atoms with Gasteiger partial charge in [0.05, 0.1) is 16.2 Å². The zero-order chi connectivity index (χ0) is 5.82. The van der Waals surface area contributed by atoms with Crippen molar-refractivity contribution in [1.29, 1.82) is 0 Å². The van der Waals surface area contributed by atoms with Crippen LogP contribution in [0.25, 0.3) is 0 Å². The van der Waals surface area contributed by atoms with Crippen LogP contribution in [0.1, 0.15) is 0 Å². The molecule has 0 saturated heterocycles. The van der Waals surface area contributed by atoms with E-state index in [1.165, 1.54) is 11.3 Å². The highest BCUT2D eigenvalue weighted by Crippen LogP contribution is 2.23. The molecule has 0 aromatic carbocycles. The second kappa shape index (κ2) is 2.84. The number of thiophene rings is 1. The molecule has 1 aromatic rings. The van der Waals surface area contributed by atoms with Crippen LogP contribution in [-0.4, -0.2) is 0 Å². The van der Waals surface area contributed by atoms with E-state index in [9.17, 15) is 4.91 Å². The van der Waals surface area contributed by atoms with Crippen LogP contribution >= 0.6 is 23.3 Å². The van der Waals surface area contributed by atoms with E-state index < -0.39 is 0 Å². The van der Waals surface area contributed by atoms with Gasteiger partial charge >= 0.3 is 0 Å². The van der Waals surface area contributed by atoms with Crippen LogP contribution in [0.15, 0.2) is 26.3 Å². The Kier molecular flexibility index (Phi) is 2.05. The summed E-state index contributed by atoms with van der Waals surface area (Å²) in [5.41, 5.74) is 0. The predicted octanol–water partition coefficient (Wildman–Crippen LogP) is 2.52. The number of nitrogens with zero attached hydrogens (tertiary/aromatic N) is 1. The van der Waals surface area contributed by atoms with Gasteiger partial charge in [0, 0.05) is 4.58 Å². The van der Waals surface area contributed by atoms with Crippen molar-refractivity contribution < 1.29 is 0 Å². The van der Waals surface area contributed by atoms with Crippen LogP contribution in [0.4, 0.5) is 0 Å². The van der Waals surface area contributed by atoms with Crippen LogP contribution < -0.4 is 0 Å². The number of nitroso groups, excluding NO2 is 1. The smallest absolute Gasteiger partial charge is 0.0862 e. The minimum Gasteiger partial charge on any atom is -0.137 e. The summed E-state index contributed by atoms with van der Waals surface area (Å²) in [6.45, 7) is 0. The number of hydrogen-bond acceptors (Lipinski definition) is 4. The molecule has 0 spiro atoms. The van der Waals surface area contributed by atoms with Gasteiger partial charge in [-0.05, 0) is 11.4 Å². The van der Waals surface area contributed by atoms with Gasteiger partial charge in [-0.3, -0.25) is 0 Å². The van der Waals surface area contributed by atoms with Gasteiger partial charge in [-0.15, -0.1) is 16.2 Å². The SMILES string of the molecule is O=NSc1cccs1. The molecule has 0 saturated carbocycles. The van der Waals surface area contributed by atoms with Crippen molar-refractivity contribution in [3.05, 3.63) is 22.4 Å². The minimum atomic E-state index is 0.944. The maximum atomic E-state index is 9.59. The van der Waals surface area contributed by atoms with Gasteiger partial charge in [0.1, 0.15) is 0 Å². The average molecular weight is 145 g/mol. The van der Waals surface area contributed by atoms with Gasteiger partial charge < -0.3 is 0 Å². The monoisotopic (exact) mass is 145 g/mol. The maximum absolute atomic E-state index is 9.59. The molecule has 1 rings (SSSR count). The lowest BCUT2D eigenvalue weighted by molar-refractivity contribution is 1.70. The molecule has 0 bridgehead atoms. The van der Waals surface area contributed by atoms with Gasteiger partial charge in [0.2, 0.25) is 0 Å². The Labute approximate surface area is 55.0 Å².